The Hall–Kier alpha value is -0.870. The molecule has 1 unspecified atom stereocenters. The quantitative estimate of drug-likeness (QED) is 0.836. The smallest absolute Gasteiger partial charge is 0.0725 e. The summed E-state index contributed by atoms with van der Waals surface area (Å²) in [5.74, 6) is 0. The number of halogens is 2. The van der Waals surface area contributed by atoms with Gasteiger partial charge in [-0.1, -0.05) is 48.9 Å². The van der Waals surface area contributed by atoms with Crippen molar-refractivity contribution in [1.82, 2.24) is 5.32 Å². The molecule has 1 aliphatic rings. The Morgan fingerprint density at radius 2 is 2.05 bits per heavy atom. The van der Waals surface area contributed by atoms with Gasteiger partial charge in [-0.25, -0.2) is 0 Å². The zero-order valence-electron chi connectivity index (χ0n) is 11.8. The molecule has 1 aliphatic heterocycles. The van der Waals surface area contributed by atoms with Gasteiger partial charge in [0.05, 0.1) is 24.3 Å². The number of nitrogens with one attached hydrogen (secondary N) is 1. The zero-order valence-corrected chi connectivity index (χ0v) is 14.2. The van der Waals surface area contributed by atoms with Gasteiger partial charge in [0.2, 0.25) is 0 Å². The maximum atomic E-state index is 6.48. The van der Waals surface area contributed by atoms with Crippen molar-refractivity contribution in [2.24, 2.45) is 0 Å². The molecule has 21 heavy (non-hydrogen) atoms. The average Bonchev–Trinajstić information content (AvgIpc) is 2.95. The molecule has 0 spiro atoms. The van der Waals surface area contributed by atoms with Gasteiger partial charge in [0, 0.05) is 4.47 Å². The van der Waals surface area contributed by atoms with Gasteiger partial charge < -0.3 is 10.1 Å². The van der Waals surface area contributed by atoms with Gasteiger partial charge in [-0.05, 0) is 50.8 Å². The summed E-state index contributed by atoms with van der Waals surface area (Å²) in [6.45, 7) is 4.41. The molecule has 0 saturated heterocycles. The van der Waals surface area contributed by atoms with Crippen molar-refractivity contribution in [3.8, 4) is 0 Å². The van der Waals surface area contributed by atoms with Crippen LogP contribution in [0.3, 0.4) is 0 Å². The summed E-state index contributed by atoms with van der Waals surface area (Å²) >= 11 is 9.99. The van der Waals surface area contributed by atoms with E-state index in [2.05, 4.69) is 52.4 Å². The van der Waals surface area contributed by atoms with Gasteiger partial charge >= 0.3 is 0 Å². The van der Waals surface area contributed by atoms with Crippen LogP contribution in [0.4, 0.5) is 0 Å². The van der Waals surface area contributed by atoms with Crippen molar-refractivity contribution in [3.05, 3.63) is 68.1 Å². The fraction of sp³-hybridized carbons (Fsp3) is 0.294. The molecule has 2 aromatic rings. The first-order valence-electron chi connectivity index (χ1n) is 7.07. The molecule has 110 valence electrons. The van der Waals surface area contributed by atoms with E-state index >= 15 is 0 Å². The molecule has 1 N–H and O–H groups in total. The maximum absolute atomic E-state index is 6.48. The van der Waals surface area contributed by atoms with Crippen LogP contribution >= 0.6 is 27.5 Å². The lowest BCUT2D eigenvalue weighted by Gasteiger charge is -2.21. The molecule has 0 fully saturated rings. The second-order valence-corrected chi connectivity index (χ2v) is 6.39. The molecule has 1 atom stereocenters. The monoisotopic (exact) mass is 365 g/mol. The predicted octanol–water partition coefficient (Wildman–Crippen LogP) is 4.83. The van der Waals surface area contributed by atoms with E-state index in [1.165, 1.54) is 16.7 Å². The summed E-state index contributed by atoms with van der Waals surface area (Å²) in [6, 6.07) is 12.7. The van der Waals surface area contributed by atoms with Gasteiger partial charge in [-0.3, -0.25) is 0 Å². The van der Waals surface area contributed by atoms with Crippen LogP contribution in [0.5, 0.6) is 0 Å². The van der Waals surface area contributed by atoms with Gasteiger partial charge in [0.25, 0.3) is 0 Å². The fourth-order valence-electron chi connectivity index (χ4n) is 2.73. The molecule has 4 heteroatoms. The van der Waals surface area contributed by atoms with Gasteiger partial charge in [0.1, 0.15) is 0 Å². The van der Waals surface area contributed by atoms with Crippen LogP contribution in [0.2, 0.25) is 5.02 Å². The molecular weight excluding hydrogens is 350 g/mol. The minimum absolute atomic E-state index is 0.0888. The van der Waals surface area contributed by atoms with Crippen molar-refractivity contribution < 1.29 is 4.74 Å². The van der Waals surface area contributed by atoms with Crippen LogP contribution in [-0.2, 0) is 18.0 Å². The summed E-state index contributed by atoms with van der Waals surface area (Å²) < 4.78 is 6.43. The largest absolute Gasteiger partial charge is 0.372 e. The summed E-state index contributed by atoms with van der Waals surface area (Å²) in [6.07, 6.45) is 0. The first kappa shape index (κ1) is 15.0. The molecule has 0 aromatic heterocycles. The fourth-order valence-corrected chi connectivity index (χ4v) is 3.34. The lowest BCUT2D eigenvalue weighted by molar-refractivity contribution is 0.134. The number of fused-ring (bicyclic) bond motifs is 1. The van der Waals surface area contributed by atoms with Crippen LogP contribution in [-0.4, -0.2) is 6.54 Å². The molecule has 3 rings (SSSR count). The molecule has 0 radical (unpaired) electrons. The SMILES string of the molecule is CCNC(c1ccc2c(c1)COC2)c1cccc(Br)c1Cl. The lowest BCUT2D eigenvalue weighted by Crippen LogP contribution is -2.22. The Labute approximate surface area is 138 Å². The molecular formula is C17H17BrClNO. The Morgan fingerprint density at radius 3 is 2.86 bits per heavy atom. The normalized spacial score (nSPS) is 15.0. The van der Waals surface area contributed by atoms with Crippen molar-refractivity contribution in [1.29, 1.82) is 0 Å². The third-order valence-corrected chi connectivity index (χ3v) is 5.09. The van der Waals surface area contributed by atoms with Gasteiger partial charge in [0.15, 0.2) is 0 Å². The second-order valence-electron chi connectivity index (χ2n) is 5.15. The van der Waals surface area contributed by atoms with E-state index < -0.39 is 0 Å². The summed E-state index contributed by atoms with van der Waals surface area (Å²) in [5.41, 5.74) is 4.88. The third kappa shape index (κ3) is 3.02. The van der Waals surface area contributed by atoms with Crippen molar-refractivity contribution in [3.63, 3.8) is 0 Å². The van der Waals surface area contributed by atoms with Crippen LogP contribution < -0.4 is 5.32 Å². The highest BCUT2D eigenvalue weighted by Crippen LogP contribution is 2.34. The topological polar surface area (TPSA) is 21.3 Å². The molecule has 0 aliphatic carbocycles. The van der Waals surface area contributed by atoms with E-state index in [9.17, 15) is 0 Å². The summed E-state index contributed by atoms with van der Waals surface area (Å²) in [4.78, 5) is 0. The second kappa shape index (κ2) is 6.49. The Bertz CT molecular complexity index is 659. The maximum Gasteiger partial charge on any atom is 0.0725 e. The van der Waals surface area contributed by atoms with E-state index in [0.717, 1.165) is 28.2 Å². The van der Waals surface area contributed by atoms with E-state index in [1.807, 2.05) is 12.1 Å². The van der Waals surface area contributed by atoms with E-state index in [0.29, 0.717) is 6.61 Å². The molecule has 0 amide bonds. The van der Waals surface area contributed by atoms with E-state index in [-0.39, 0.29) is 6.04 Å². The van der Waals surface area contributed by atoms with Crippen LogP contribution in [0.25, 0.3) is 0 Å². The van der Waals surface area contributed by atoms with E-state index in [1.54, 1.807) is 0 Å². The molecule has 1 heterocycles. The average molecular weight is 367 g/mol. The van der Waals surface area contributed by atoms with E-state index in [4.69, 9.17) is 16.3 Å². The van der Waals surface area contributed by atoms with Crippen LogP contribution in [0.1, 0.15) is 35.2 Å². The Kier molecular flexibility index (Phi) is 4.65. The molecule has 0 bridgehead atoms. The highest BCUT2D eigenvalue weighted by molar-refractivity contribution is 9.10. The summed E-state index contributed by atoms with van der Waals surface area (Å²) in [5, 5.41) is 4.29. The number of hydrogen-bond donors (Lipinski definition) is 1. The first-order valence-corrected chi connectivity index (χ1v) is 8.24. The number of ether oxygens (including phenoxy) is 1. The first-order chi connectivity index (χ1) is 10.2. The Balaban J connectivity index is 2.03. The zero-order chi connectivity index (χ0) is 14.8. The van der Waals surface area contributed by atoms with Crippen molar-refractivity contribution in [2.45, 2.75) is 26.2 Å². The van der Waals surface area contributed by atoms with Crippen molar-refractivity contribution >= 4 is 27.5 Å². The Morgan fingerprint density at radius 1 is 1.24 bits per heavy atom. The van der Waals surface area contributed by atoms with Crippen LogP contribution in [0.15, 0.2) is 40.9 Å². The molecule has 2 nitrogen and oxygen atoms in total. The molecule has 0 saturated carbocycles. The predicted molar refractivity (Wildman–Crippen MR) is 89.6 cm³/mol. The number of benzene rings is 2. The summed E-state index contributed by atoms with van der Waals surface area (Å²) in [7, 11) is 0. The number of rotatable bonds is 4. The van der Waals surface area contributed by atoms with Gasteiger partial charge in [-0.15, -0.1) is 0 Å². The minimum atomic E-state index is 0.0888. The van der Waals surface area contributed by atoms with Crippen LogP contribution in [0, 0.1) is 0 Å². The highest BCUT2D eigenvalue weighted by atomic mass is 79.9. The highest BCUT2D eigenvalue weighted by Gasteiger charge is 2.20. The molecule has 2 aromatic carbocycles. The van der Waals surface area contributed by atoms with Crippen molar-refractivity contribution in [2.75, 3.05) is 6.54 Å². The standard InChI is InChI=1S/C17H17BrClNO/c1-2-20-17(14-4-3-5-15(18)16(14)19)11-6-7-12-9-21-10-13(12)8-11/h3-8,17,20H,2,9-10H2,1H3. The van der Waals surface area contributed by atoms with Gasteiger partial charge in [-0.2, -0.15) is 0 Å². The third-order valence-electron chi connectivity index (χ3n) is 3.78. The minimum Gasteiger partial charge on any atom is -0.372 e. The number of hydrogen-bond acceptors (Lipinski definition) is 2. The lowest BCUT2D eigenvalue weighted by atomic mass is 9.95.